The number of imidazole rings is 2. The quantitative estimate of drug-likeness (QED) is 0.0848. The number of furan rings is 2. The summed E-state index contributed by atoms with van der Waals surface area (Å²) in [6, 6.07) is 151. The number of hydrogen-bond acceptors (Lipinski definition) is 5. The van der Waals surface area contributed by atoms with Gasteiger partial charge in [0, 0.05) is 53.9 Å². The monoisotopic (exact) mass is 1550 g/mol. The van der Waals surface area contributed by atoms with Crippen molar-refractivity contribution in [2.45, 2.75) is 0 Å². The maximum Gasteiger partial charge on any atom is 0.221 e. The first-order valence-corrected chi connectivity index (χ1v) is 44.5. The van der Waals surface area contributed by atoms with Gasteiger partial charge in [0.05, 0.1) is 55.2 Å². The zero-order valence-corrected chi connectivity index (χ0v) is 66.2. The van der Waals surface area contributed by atoms with Crippen LogP contribution in [0.3, 0.4) is 0 Å². The molecule has 0 fully saturated rings. The van der Waals surface area contributed by atoms with Crippen molar-refractivity contribution in [2.24, 2.45) is 0 Å². The fraction of sp³-hybridized carbons (Fsp3) is 0. The van der Waals surface area contributed by atoms with E-state index in [4.69, 9.17) is 23.8 Å². The van der Waals surface area contributed by atoms with Crippen molar-refractivity contribution >= 4 is 195 Å². The average molecular weight is 1550 g/mol. The average Bonchev–Trinajstić information content (AvgIpc) is 1.63. The van der Waals surface area contributed by atoms with Crippen LogP contribution in [0.4, 0.5) is 0 Å². The van der Waals surface area contributed by atoms with E-state index in [1.807, 2.05) is 0 Å². The molecule has 0 aliphatic rings. The first-order valence-electron chi connectivity index (χ1n) is 40.5. The van der Waals surface area contributed by atoms with Crippen LogP contribution in [0.1, 0.15) is 0 Å². The molecule has 0 bridgehead atoms. The molecule has 556 valence electrons. The van der Waals surface area contributed by atoms with Gasteiger partial charge in [0.1, 0.15) is 45.6 Å². The Morgan fingerprint density at radius 3 is 1.08 bits per heavy atom. The molecule has 16 aromatic carbocycles. The largest absolute Gasteiger partial charge is 0.456 e. The SMILES string of the molecule is c1ccc([Si](c2ccccc2)(c2cc(-n3c4ccccc4c4ccccc43)nc(-n3c4ccccc4c4cc(-c5ccc6c(c5)nc5n(-c7cc([Si](c8ccccc8)(c8ccccc8)c8cccc9c8oc8ccccc89)cc(-n8c9ccccc9c9ccccc98)n7)c7ccccc7n65)ccc43)c2)c2ccc3oc4ccccc4c3c2)cc1. The maximum atomic E-state index is 7.22. The van der Waals surface area contributed by atoms with Gasteiger partial charge < -0.3 is 8.83 Å². The van der Waals surface area contributed by atoms with Crippen molar-refractivity contribution in [3.8, 4) is 34.4 Å². The van der Waals surface area contributed by atoms with Crippen molar-refractivity contribution in [3.63, 3.8) is 0 Å². The summed E-state index contributed by atoms with van der Waals surface area (Å²) in [6.07, 6.45) is 0. The molecule has 0 unspecified atom stereocenters. The molecule has 25 aromatic rings. The molecule has 0 aliphatic carbocycles. The highest BCUT2D eigenvalue weighted by Gasteiger charge is 2.46. The number of rotatable bonds is 13. The van der Waals surface area contributed by atoms with Crippen LogP contribution in [0.2, 0.25) is 0 Å². The smallest absolute Gasteiger partial charge is 0.221 e. The highest BCUT2D eigenvalue weighted by atomic mass is 28.3. The summed E-state index contributed by atoms with van der Waals surface area (Å²) in [5.41, 5.74) is 15.8. The fourth-order valence-corrected chi connectivity index (χ4v) is 29.8. The second kappa shape index (κ2) is 26.0. The van der Waals surface area contributed by atoms with Crippen LogP contribution in [0.5, 0.6) is 0 Å². The van der Waals surface area contributed by atoms with Gasteiger partial charge in [-0.1, -0.05) is 303 Å². The van der Waals surface area contributed by atoms with Crippen LogP contribution < -0.4 is 41.5 Å². The van der Waals surface area contributed by atoms with Crippen LogP contribution >= 0.6 is 0 Å². The molecule has 0 atom stereocenters. The second-order valence-electron chi connectivity index (χ2n) is 31.3. The van der Waals surface area contributed by atoms with Gasteiger partial charge in [-0.3, -0.25) is 22.7 Å². The molecule has 25 rings (SSSR count). The van der Waals surface area contributed by atoms with Gasteiger partial charge in [0.2, 0.25) is 5.78 Å². The molecule has 0 radical (unpaired) electrons. The maximum absolute atomic E-state index is 7.22. The minimum Gasteiger partial charge on any atom is -0.456 e. The molecule has 0 amide bonds. The van der Waals surface area contributed by atoms with Crippen molar-refractivity contribution in [2.75, 3.05) is 0 Å². The molecule has 0 N–H and O–H groups in total. The zero-order chi connectivity index (χ0) is 78.0. The van der Waals surface area contributed by atoms with E-state index in [0.717, 1.165) is 171 Å². The molecule has 9 aromatic heterocycles. The van der Waals surface area contributed by atoms with Crippen LogP contribution in [0, 0.1) is 0 Å². The lowest BCUT2D eigenvalue weighted by Gasteiger charge is -2.35. The van der Waals surface area contributed by atoms with E-state index in [1.54, 1.807) is 0 Å². The highest BCUT2D eigenvalue weighted by Crippen LogP contribution is 2.41. The standard InChI is InChI=1S/C107H68N8O2Si2/c1-5-30-71(31-6-1)118(72-32-7-2-8-33-72,75-58-61-100-87(64-75)84-44-19-27-53-98(84)116-100)76-65-102(111-89-46-20-13-38-78(89)79-39-14-21-47-90(79)111)109-103(66-76)113-93-50-24-17-42-82(93)86-62-69(56-59-94(86)113)70-57-60-95-88(63-70)108-107-114(95)96-51-25-26-52-97(96)115(107)105-68-77(67-104(110-105)112-91-48-22-15-40-80(91)81-41-16-23-49-92(81)112)119(73-34-9-3-10-35-73,74-36-11-4-12-37-74)101-55-29-45-85-83-43-18-28-54-99(83)117-106(85)101/h1-68H. The molecule has 0 saturated carbocycles. The Morgan fingerprint density at radius 2 is 0.571 bits per heavy atom. The summed E-state index contributed by atoms with van der Waals surface area (Å²) in [6.45, 7) is 0. The molecule has 119 heavy (non-hydrogen) atoms. The summed E-state index contributed by atoms with van der Waals surface area (Å²) < 4.78 is 25.6. The predicted molar refractivity (Wildman–Crippen MR) is 495 cm³/mol. The number of nitrogens with zero attached hydrogens (tertiary/aromatic N) is 8. The number of pyridine rings is 2. The Kier molecular flexibility index (Phi) is 14.6. The van der Waals surface area contributed by atoms with Crippen LogP contribution in [-0.4, -0.2) is 53.8 Å². The Labute approximate surface area is 683 Å². The first kappa shape index (κ1) is 66.9. The van der Waals surface area contributed by atoms with Crippen LogP contribution in [-0.2, 0) is 0 Å². The number of hydrogen-bond donors (Lipinski definition) is 0. The van der Waals surface area contributed by atoms with Gasteiger partial charge in [-0.15, -0.1) is 0 Å². The van der Waals surface area contributed by atoms with Gasteiger partial charge >= 0.3 is 0 Å². The lowest BCUT2D eigenvalue weighted by Crippen LogP contribution is -2.75. The third-order valence-corrected chi connectivity index (χ3v) is 34.7. The first-order chi connectivity index (χ1) is 59.0. The lowest BCUT2D eigenvalue weighted by atomic mass is 10.0. The molecule has 9 heterocycles. The van der Waals surface area contributed by atoms with Crippen molar-refractivity contribution in [1.82, 2.24) is 37.6 Å². The Hall–Kier alpha value is -15.5. The number of aromatic nitrogens is 8. The van der Waals surface area contributed by atoms with E-state index in [-0.39, 0.29) is 0 Å². The second-order valence-corrected chi connectivity index (χ2v) is 38.9. The molecule has 10 nitrogen and oxygen atoms in total. The van der Waals surface area contributed by atoms with Gasteiger partial charge in [-0.2, -0.15) is 0 Å². The molecular formula is C107H68N8O2Si2. The summed E-state index contributed by atoms with van der Waals surface area (Å²) >= 11 is 0. The van der Waals surface area contributed by atoms with E-state index in [0.29, 0.717) is 0 Å². The predicted octanol–water partition coefficient (Wildman–Crippen LogP) is 20.7. The van der Waals surface area contributed by atoms with Crippen molar-refractivity contribution in [1.29, 1.82) is 0 Å². The van der Waals surface area contributed by atoms with Crippen molar-refractivity contribution in [3.05, 3.63) is 413 Å². The fourth-order valence-electron chi connectivity index (χ4n) is 20.2. The zero-order valence-electron chi connectivity index (χ0n) is 64.2. The molecule has 12 heteroatoms. The number of fused-ring (bicyclic) bond motifs is 20. The minimum absolute atomic E-state index is 0.739. The summed E-state index contributed by atoms with van der Waals surface area (Å²) in [4.78, 5) is 17.9. The Morgan fingerprint density at radius 1 is 0.202 bits per heavy atom. The summed E-state index contributed by atoms with van der Waals surface area (Å²) in [5.74, 6) is 3.92. The third-order valence-electron chi connectivity index (χ3n) is 25.2. The third kappa shape index (κ3) is 9.78. The molecule has 0 spiro atoms. The minimum atomic E-state index is -3.51. The van der Waals surface area contributed by atoms with E-state index < -0.39 is 16.1 Å². The normalized spacial score (nSPS) is 12.4. The lowest BCUT2D eigenvalue weighted by molar-refractivity contribution is 0.669. The van der Waals surface area contributed by atoms with Crippen LogP contribution in [0.15, 0.2) is 421 Å². The van der Waals surface area contributed by atoms with Gasteiger partial charge in [-0.25, -0.2) is 15.0 Å². The van der Waals surface area contributed by atoms with E-state index >= 15 is 0 Å². The Balaban J connectivity index is 0.707. The van der Waals surface area contributed by atoms with E-state index in [9.17, 15) is 0 Å². The number of benzene rings is 16. The van der Waals surface area contributed by atoms with Crippen LogP contribution in [0.25, 0.3) is 172 Å². The summed E-state index contributed by atoms with van der Waals surface area (Å²) in [7, 11) is -6.88. The number of para-hydroxylation sites is 10. The highest BCUT2D eigenvalue weighted by molar-refractivity contribution is 7.21. The molecular weight excluding hydrogens is 1490 g/mol. The molecule has 0 aliphatic heterocycles. The van der Waals surface area contributed by atoms with Gasteiger partial charge in [0.15, 0.2) is 16.1 Å². The molecule has 0 saturated heterocycles. The van der Waals surface area contributed by atoms with Gasteiger partial charge in [0.25, 0.3) is 0 Å². The van der Waals surface area contributed by atoms with E-state index in [2.05, 4.69) is 435 Å². The van der Waals surface area contributed by atoms with Crippen molar-refractivity contribution < 1.29 is 8.83 Å². The summed E-state index contributed by atoms with van der Waals surface area (Å²) in [5, 5.41) is 20.8. The topological polar surface area (TPSA) is 89.1 Å². The van der Waals surface area contributed by atoms with Gasteiger partial charge in [-0.05, 0) is 162 Å². The Bertz CT molecular complexity index is 8280. The van der Waals surface area contributed by atoms with E-state index in [1.165, 1.54) is 41.9 Å².